The van der Waals surface area contributed by atoms with Crippen LogP contribution >= 0.6 is 0 Å². The van der Waals surface area contributed by atoms with Gasteiger partial charge in [0.15, 0.2) is 0 Å². The van der Waals surface area contributed by atoms with Crippen molar-refractivity contribution >= 4 is 17.7 Å². The van der Waals surface area contributed by atoms with Crippen LogP contribution in [0.2, 0.25) is 0 Å². The molecule has 0 aromatic heterocycles. The first-order valence-corrected chi connectivity index (χ1v) is 9.81. The summed E-state index contributed by atoms with van der Waals surface area (Å²) in [6.45, 7) is 2.81. The summed E-state index contributed by atoms with van der Waals surface area (Å²) in [7, 11) is 0. The zero-order valence-corrected chi connectivity index (χ0v) is 15.8. The first-order chi connectivity index (χ1) is 13.5. The van der Waals surface area contributed by atoms with Crippen molar-refractivity contribution < 1.29 is 19.5 Å². The van der Waals surface area contributed by atoms with Gasteiger partial charge in [-0.2, -0.15) is 0 Å². The first-order valence-electron chi connectivity index (χ1n) is 9.81. The van der Waals surface area contributed by atoms with Gasteiger partial charge >= 0.3 is 0 Å². The highest BCUT2D eigenvalue weighted by atomic mass is 16.3. The van der Waals surface area contributed by atoms with Gasteiger partial charge in [0.05, 0.1) is 0 Å². The van der Waals surface area contributed by atoms with E-state index in [2.05, 4.69) is 10.2 Å². The van der Waals surface area contributed by atoms with Gasteiger partial charge in [-0.15, -0.1) is 0 Å². The summed E-state index contributed by atoms with van der Waals surface area (Å²) in [4.78, 5) is 40.2. The number of fused-ring (bicyclic) bond motifs is 1. The van der Waals surface area contributed by atoms with Crippen molar-refractivity contribution in [3.8, 4) is 0 Å². The first kappa shape index (κ1) is 19.0. The number of aliphatic hydroxyl groups is 1. The number of hydrogen-bond donors (Lipinski definition) is 3. The molecule has 3 aliphatic rings. The third kappa shape index (κ3) is 3.55. The van der Waals surface area contributed by atoms with Crippen LogP contribution in [-0.4, -0.2) is 64.4 Å². The predicted molar refractivity (Wildman–Crippen MR) is 101 cm³/mol. The lowest BCUT2D eigenvalue weighted by atomic mass is 9.92. The average molecular weight is 386 g/mol. The quantitative estimate of drug-likeness (QED) is 0.606. The van der Waals surface area contributed by atoms with Crippen molar-refractivity contribution in [2.75, 3.05) is 19.7 Å². The number of nitrogens with one attached hydrogen (secondary N) is 1. The fourth-order valence-electron chi connectivity index (χ4n) is 4.43. The van der Waals surface area contributed by atoms with Gasteiger partial charge in [-0.05, 0) is 42.5 Å². The average Bonchev–Trinajstić information content (AvgIpc) is 2.98. The van der Waals surface area contributed by atoms with Crippen LogP contribution in [0.3, 0.4) is 0 Å². The van der Waals surface area contributed by atoms with E-state index in [0.29, 0.717) is 25.1 Å². The van der Waals surface area contributed by atoms with E-state index in [-0.39, 0.29) is 36.8 Å². The Balaban J connectivity index is 1.44. The molecule has 0 bridgehead atoms. The van der Waals surface area contributed by atoms with E-state index in [1.807, 2.05) is 18.2 Å². The molecule has 2 saturated heterocycles. The smallest absolute Gasteiger partial charge is 0.255 e. The van der Waals surface area contributed by atoms with Crippen LogP contribution in [0.25, 0.3) is 0 Å². The van der Waals surface area contributed by atoms with E-state index in [9.17, 15) is 19.5 Å². The van der Waals surface area contributed by atoms with Crippen LogP contribution in [0.5, 0.6) is 0 Å². The number of rotatable bonds is 4. The van der Waals surface area contributed by atoms with Gasteiger partial charge < -0.3 is 15.7 Å². The Kier molecular flexibility index (Phi) is 5.18. The third-order valence-electron chi connectivity index (χ3n) is 6.12. The van der Waals surface area contributed by atoms with Crippen molar-refractivity contribution in [1.82, 2.24) is 15.1 Å². The second-order valence-corrected chi connectivity index (χ2v) is 8.02. The number of carbonyl (C=O) groups excluding carboxylic acids is 3. The number of likely N-dealkylation sites (tertiary alicyclic amines) is 1. The van der Waals surface area contributed by atoms with E-state index in [0.717, 1.165) is 30.6 Å². The van der Waals surface area contributed by atoms with Gasteiger partial charge in [0.25, 0.3) is 5.91 Å². The number of imide groups is 1. The minimum atomic E-state index is -0.587. The van der Waals surface area contributed by atoms with Crippen molar-refractivity contribution in [2.24, 2.45) is 11.7 Å². The molecule has 3 heterocycles. The maximum absolute atomic E-state index is 12.9. The molecule has 3 amide bonds. The van der Waals surface area contributed by atoms with Gasteiger partial charge in [0.1, 0.15) is 6.04 Å². The lowest BCUT2D eigenvalue weighted by Gasteiger charge is -2.35. The molecular formula is C20H26N4O4. The van der Waals surface area contributed by atoms with E-state index in [1.54, 1.807) is 4.90 Å². The summed E-state index contributed by atoms with van der Waals surface area (Å²) in [6.07, 6.45) is 1.49. The Bertz CT molecular complexity index is 811. The number of carbonyl (C=O) groups is 3. The molecule has 0 radical (unpaired) electrons. The molecule has 0 aliphatic carbocycles. The van der Waals surface area contributed by atoms with Gasteiger partial charge in [0.2, 0.25) is 11.8 Å². The molecule has 4 N–H and O–H groups in total. The molecule has 2 fully saturated rings. The van der Waals surface area contributed by atoms with E-state index in [1.165, 1.54) is 0 Å². The summed E-state index contributed by atoms with van der Waals surface area (Å²) in [5.41, 5.74) is 8.73. The molecule has 3 aliphatic heterocycles. The summed E-state index contributed by atoms with van der Waals surface area (Å²) >= 11 is 0. The number of aliphatic hydroxyl groups excluding tert-OH is 1. The zero-order valence-electron chi connectivity index (χ0n) is 15.8. The Morgan fingerprint density at radius 3 is 2.75 bits per heavy atom. The minimum Gasteiger partial charge on any atom is -0.396 e. The van der Waals surface area contributed by atoms with Gasteiger partial charge in [-0.1, -0.05) is 12.1 Å². The number of nitrogens with two attached hydrogens (primary N) is 1. The molecule has 1 unspecified atom stereocenters. The fourth-order valence-corrected chi connectivity index (χ4v) is 4.43. The third-order valence-corrected chi connectivity index (χ3v) is 6.12. The number of amides is 3. The summed E-state index contributed by atoms with van der Waals surface area (Å²) < 4.78 is 0. The number of benzene rings is 1. The highest BCUT2D eigenvalue weighted by Gasteiger charge is 2.39. The van der Waals surface area contributed by atoms with E-state index in [4.69, 9.17) is 5.73 Å². The Morgan fingerprint density at radius 1 is 1.21 bits per heavy atom. The van der Waals surface area contributed by atoms with Crippen LogP contribution in [0.4, 0.5) is 0 Å². The van der Waals surface area contributed by atoms with Crippen LogP contribution < -0.4 is 11.1 Å². The zero-order chi connectivity index (χ0) is 19.8. The van der Waals surface area contributed by atoms with Gasteiger partial charge in [0, 0.05) is 44.3 Å². The van der Waals surface area contributed by atoms with Crippen molar-refractivity contribution in [3.05, 3.63) is 34.9 Å². The molecule has 1 aromatic rings. The van der Waals surface area contributed by atoms with E-state index < -0.39 is 11.9 Å². The Labute approximate surface area is 163 Å². The molecule has 0 saturated carbocycles. The highest BCUT2D eigenvalue weighted by molar-refractivity contribution is 6.05. The topological polar surface area (TPSA) is 116 Å². The lowest BCUT2D eigenvalue weighted by Crippen LogP contribution is -2.52. The van der Waals surface area contributed by atoms with Gasteiger partial charge in [-0.25, -0.2) is 0 Å². The molecule has 28 heavy (non-hydrogen) atoms. The largest absolute Gasteiger partial charge is 0.396 e. The molecular weight excluding hydrogens is 360 g/mol. The van der Waals surface area contributed by atoms with Crippen LogP contribution in [0.15, 0.2) is 18.2 Å². The van der Waals surface area contributed by atoms with Crippen LogP contribution in [-0.2, 0) is 22.7 Å². The SMILES string of the molecule is N[C@@H]1CN(Cc2ccc3c(c2)C(=O)N(C2CCC(=O)NC2=O)C3)CC[C@H]1CO. The maximum Gasteiger partial charge on any atom is 0.255 e. The summed E-state index contributed by atoms with van der Waals surface area (Å²) in [5, 5.41) is 11.7. The molecule has 3 atom stereocenters. The lowest BCUT2D eigenvalue weighted by molar-refractivity contribution is -0.136. The maximum atomic E-state index is 12.9. The second-order valence-electron chi connectivity index (χ2n) is 8.02. The number of piperidine rings is 2. The summed E-state index contributed by atoms with van der Waals surface area (Å²) in [6, 6.07) is 5.25. The van der Waals surface area contributed by atoms with Crippen molar-refractivity contribution in [3.63, 3.8) is 0 Å². The normalized spacial score (nSPS) is 28.4. The predicted octanol–water partition coefficient (Wildman–Crippen LogP) is -0.411. The van der Waals surface area contributed by atoms with Crippen LogP contribution in [0, 0.1) is 5.92 Å². The molecule has 8 heteroatoms. The molecule has 150 valence electrons. The highest BCUT2D eigenvalue weighted by Crippen LogP contribution is 2.29. The monoisotopic (exact) mass is 386 g/mol. The fraction of sp³-hybridized carbons (Fsp3) is 0.550. The number of nitrogens with zero attached hydrogens (tertiary/aromatic N) is 2. The number of hydrogen-bond acceptors (Lipinski definition) is 6. The standard InChI is InChI=1S/C20H26N4O4/c21-16-10-23(6-5-14(16)11-25)8-12-1-2-13-9-24(20(28)15(13)7-12)17-3-4-18(26)22-19(17)27/h1-2,7,14,16-17,25H,3-6,8-11,21H2,(H,22,26,27)/t14-,16+,17?/m0/s1. The molecule has 8 nitrogen and oxygen atoms in total. The Hall–Kier alpha value is -2.29. The molecule has 0 spiro atoms. The Morgan fingerprint density at radius 2 is 2.04 bits per heavy atom. The minimum absolute atomic E-state index is 0.0437. The van der Waals surface area contributed by atoms with Crippen LogP contribution in [0.1, 0.15) is 40.7 Å². The van der Waals surface area contributed by atoms with Crippen molar-refractivity contribution in [2.45, 2.75) is 44.4 Å². The summed E-state index contributed by atoms with van der Waals surface area (Å²) in [5.74, 6) is -0.670. The second kappa shape index (κ2) is 7.62. The van der Waals surface area contributed by atoms with Crippen molar-refractivity contribution in [1.29, 1.82) is 0 Å². The van der Waals surface area contributed by atoms with E-state index >= 15 is 0 Å². The molecule has 4 rings (SSSR count). The van der Waals surface area contributed by atoms with Gasteiger partial charge in [-0.3, -0.25) is 24.6 Å². The molecule has 1 aromatic carbocycles.